The SMILES string of the molecule is Cc1cc2oc(-c3ccccc3Cl)c(OC(=O)c3cc4ccccc4oc3=O)c(=O)c2cc1Cl. The summed E-state index contributed by atoms with van der Waals surface area (Å²) in [6.07, 6.45) is 0. The molecule has 8 heteroatoms. The van der Waals surface area contributed by atoms with Crippen molar-refractivity contribution in [3.63, 3.8) is 0 Å². The van der Waals surface area contributed by atoms with Crippen molar-refractivity contribution in [2.24, 2.45) is 0 Å². The molecule has 34 heavy (non-hydrogen) atoms. The first-order valence-electron chi connectivity index (χ1n) is 10.1. The van der Waals surface area contributed by atoms with Crippen molar-refractivity contribution in [2.75, 3.05) is 0 Å². The number of aryl methyl sites for hydroxylation is 1. The number of fused-ring (bicyclic) bond motifs is 2. The third-order valence-corrected chi connectivity index (χ3v) is 6.04. The standard InChI is InChI=1S/C26H14Cl2O6/c1-13-10-21-16(12-19(13)28)22(29)24(23(32-21)15-7-3-4-8-18(15)27)34-26(31)17-11-14-6-2-5-9-20(14)33-25(17)30/h2-12H,1H3. The van der Waals surface area contributed by atoms with Gasteiger partial charge in [-0.15, -0.1) is 0 Å². The molecule has 6 nitrogen and oxygen atoms in total. The average molecular weight is 493 g/mol. The predicted molar refractivity (Wildman–Crippen MR) is 130 cm³/mol. The molecule has 5 aromatic rings. The molecule has 0 radical (unpaired) electrons. The number of hydrogen-bond donors (Lipinski definition) is 0. The third kappa shape index (κ3) is 3.77. The highest BCUT2D eigenvalue weighted by Crippen LogP contribution is 2.36. The Morgan fingerprint density at radius 1 is 0.853 bits per heavy atom. The molecule has 168 valence electrons. The Hall–Kier alpha value is -3.87. The molecule has 5 rings (SSSR count). The second-order valence-corrected chi connectivity index (χ2v) is 8.36. The molecule has 2 heterocycles. The van der Waals surface area contributed by atoms with Crippen molar-refractivity contribution in [1.29, 1.82) is 0 Å². The van der Waals surface area contributed by atoms with Crippen LogP contribution >= 0.6 is 23.2 Å². The fourth-order valence-corrected chi connectivity index (χ4v) is 3.95. The van der Waals surface area contributed by atoms with Gasteiger partial charge >= 0.3 is 11.6 Å². The third-order valence-electron chi connectivity index (χ3n) is 5.30. The quantitative estimate of drug-likeness (QED) is 0.214. The molecule has 0 fully saturated rings. The van der Waals surface area contributed by atoms with E-state index in [9.17, 15) is 14.4 Å². The summed E-state index contributed by atoms with van der Waals surface area (Å²) < 4.78 is 16.7. The van der Waals surface area contributed by atoms with Crippen molar-refractivity contribution < 1.29 is 18.4 Å². The van der Waals surface area contributed by atoms with E-state index < -0.39 is 22.8 Å². The van der Waals surface area contributed by atoms with Crippen LogP contribution in [-0.4, -0.2) is 5.97 Å². The minimum absolute atomic E-state index is 0.0525. The fraction of sp³-hybridized carbons (Fsp3) is 0.0385. The maximum atomic E-state index is 13.4. The second kappa shape index (κ2) is 8.48. The van der Waals surface area contributed by atoms with Gasteiger partial charge in [0, 0.05) is 16.0 Å². The number of para-hydroxylation sites is 1. The fourth-order valence-electron chi connectivity index (χ4n) is 3.57. The van der Waals surface area contributed by atoms with Gasteiger partial charge in [0.25, 0.3) is 0 Å². The van der Waals surface area contributed by atoms with E-state index in [1.807, 2.05) is 0 Å². The highest BCUT2D eigenvalue weighted by atomic mass is 35.5. The van der Waals surface area contributed by atoms with Crippen molar-refractivity contribution in [3.05, 3.63) is 109 Å². The summed E-state index contributed by atoms with van der Waals surface area (Å²) >= 11 is 12.6. The van der Waals surface area contributed by atoms with E-state index in [4.69, 9.17) is 36.8 Å². The summed E-state index contributed by atoms with van der Waals surface area (Å²) in [5, 5.41) is 1.25. The Bertz CT molecular complexity index is 1730. The lowest BCUT2D eigenvalue weighted by molar-refractivity contribution is 0.0727. The maximum absolute atomic E-state index is 13.4. The average Bonchev–Trinajstić information content (AvgIpc) is 2.82. The first kappa shape index (κ1) is 21.9. The molecular weight excluding hydrogens is 479 g/mol. The Morgan fingerprint density at radius 3 is 2.38 bits per heavy atom. The number of carbonyl (C=O) groups excluding carboxylic acids is 1. The first-order valence-corrected chi connectivity index (χ1v) is 10.9. The van der Waals surface area contributed by atoms with Crippen molar-refractivity contribution in [3.8, 4) is 17.1 Å². The molecular formula is C26H14Cl2O6. The van der Waals surface area contributed by atoms with Crippen LogP contribution in [0.25, 0.3) is 33.3 Å². The monoisotopic (exact) mass is 492 g/mol. The van der Waals surface area contributed by atoms with E-state index in [-0.39, 0.29) is 27.3 Å². The first-order chi connectivity index (χ1) is 16.3. The van der Waals surface area contributed by atoms with Gasteiger partial charge in [-0.3, -0.25) is 4.79 Å². The van der Waals surface area contributed by atoms with Gasteiger partial charge in [0.1, 0.15) is 16.7 Å². The zero-order valence-electron chi connectivity index (χ0n) is 17.6. The summed E-state index contributed by atoms with van der Waals surface area (Å²) in [5.41, 5.74) is -0.318. The Kier molecular flexibility index (Phi) is 5.48. The highest BCUT2D eigenvalue weighted by molar-refractivity contribution is 6.33. The van der Waals surface area contributed by atoms with E-state index >= 15 is 0 Å². The zero-order valence-corrected chi connectivity index (χ0v) is 19.1. The molecule has 0 saturated heterocycles. The highest BCUT2D eigenvalue weighted by Gasteiger charge is 2.25. The summed E-state index contributed by atoms with van der Waals surface area (Å²) in [5.74, 6) is -1.54. The summed E-state index contributed by atoms with van der Waals surface area (Å²) in [4.78, 5) is 38.9. The topological polar surface area (TPSA) is 86.7 Å². The van der Waals surface area contributed by atoms with Crippen LogP contribution in [-0.2, 0) is 0 Å². The Labute approximate surface area is 201 Å². The number of rotatable bonds is 3. The van der Waals surface area contributed by atoms with Gasteiger partial charge in [0.15, 0.2) is 5.76 Å². The molecule has 0 unspecified atom stereocenters. The Balaban J connectivity index is 1.72. The van der Waals surface area contributed by atoms with Gasteiger partial charge in [-0.1, -0.05) is 53.5 Å². The normalized spacial score (nSPS) is 11.1. The van der Waals surface area contributed by atoms with Crippen LogP contribution in [0.5, 0.6) is 5.75 Å². The number of hydrogen-bond acceptors (Lipinski definition) is 6. The van der Waals surface area contributed by atoms with E-state index in [1.165, 1.54) is 12.1 Å². The number of halogens is 2. The van der Waals surface area contributed by atoms with Crippen LogP contribution in [0.1, 0.15) is 15.9 Å². The van der Waals surface area contributed by atoms with Gasteiger partial charge < -0.3 is 13.6 Å². The van der Waals surface area contributed by atoms with Crippen LogP contribution in [0.4, 0.5) is 0 Å². The number of benzene rings is 3. The summed E-state index contributed by atoms with van der Waals surface area (Å²) in [7, 11) is 0. The van der Waals surface area contributed by atoms with Crippen LogP contribution in [0.3, 0.4) is 0 Å². The van der Waals surface area contributed by atoms with Crippen molar-refractivity contribution in [2.45, 2.75) is 6.92 Å². The molecule has 0 saturated carbocycles. The van der Waals surface area contributed by atoms with Crippen LogP contribution in [0.2, 0.25) is 10.0 Å². The maximum Gasteiger partial charge on any atom is 0.351 e. The lowest BCUT2D eigenvalue weighted by Crippen LogP contribution is -2.22. The number of ether oxygens (including phenoxy) is 1. The van der Waals surface area contributed by atoms with Crippen LogP contribution in [0, 0.1) is 6.92 Å². The smallest absolute Gasteiger partial charge is 0.351 e. The largest absolute Gasteiger partial charge is 0.452 e. The molecule has 0 amide bonds. The lowest BCUT2D eigenvalue weighted by Gasteiger charge is -2.12. The van der Waals surface area contributed by atoms with Crippen molar-refractivity contribution >= 4 is 51.1 Å². The van der Waals surface area contributed by atoms with E-state index in [0.29, 0.717) is 27.1 Å². The van der Waals surface area contributed by atoms with Crippen LogP contribution in [0.15, 0.2) is 85.2 Å². The Morgan fingerprint density at radius 2 is 1.59 bits per heavy atom. The molecule has 0 spiro atoms. The zero-order chi connectivity index (χ0) is 24.0. The van der Waals surface area contributed by atoms with Crippen LogP contribution < -0.4 is 15.8 Å². The second-order valence-electron chi connectivity index (χ2n) is 7.54. The number of esters is 1. The lowest BCUT2D eigenvalue weighted by atomic mass is 10.1. The molecule has 0 aliphatic heterocycles. The predicted octanol–water partition coefficient (Wildman–Crippen LogP) is 6.40. The van der Waals surface area contributed by atoms with Gasteiger partial charge in [-0.2, -0.15) is 0 Å². The molecule has 0 N–H and O–H groups in total. The molecule has 2 aromatic heterocycles. The van der Waals surface area contributed by atoms with E-state index in [1.54, 1.807) is 61.5 Å². The molecule has 3 aromatic carbocycles. The molecule has 0 atom stereocenters. The van der Waals surface area contributed by atoms with Gasteiger partial charge in [0.2, 0.25) is 11.2 Å². The summed E-state index contributed by atoms with van der Waals surface area (Å²) in [6.45, 7) is 1.77. The van der Waals surface area contributed by atoms with E-state index in [2.05, 4.69) is 0 Å². The molecule has 0 aliphatic carbocycles. The van der Waals surface area contributed by atoms with Gasteiger partial charge in [-0.25, -0.2) is 9.59 Å². The number of carbonyl (C=O) groups is 1. The molecule has 0 bridgehead atoms. The van der Waals surface area contributed by atoms with E-state index in [0.717, 1.165) is 0 Å². The minimum atomic E-state index is -1.07. The molecule has 0 aliphatic rings. The minimum Gasteiger partial charge on any atom is -0.452 e. The summed E-state index contributed by atoms with van der Waals surface area (Å²) in [6, 6.07) is 17.8. The van der Waals surface area contributed by atoms with Gasteiger partial charge in [0.05, 0.1) is 10.4 Å². The van der Waals surface area contributed by atoms with Crippen molar-refractivity contribution in [1.82, 2.24) is 0 Å². The van der Waals surface area contributed by atoms with Gasteiger partial charge in [-0.05, 0) is 48.9 Å².